The van der Waals surface area contributed by atoms with Crippen LogP contribution in [0.5, 0.6) is 11.5 Å². The molecule has 1 unspecified atom stereocenters. The van der Waals surface area contributed by atoms with E-state index in [9.17, 15) is 27.6 Å². The maximum atomic E-state index is 14.0. The van der Waals surface area contributed by atoms with Gasteiger partial charge >= 0.3 is 12.1 Å². The van der Waals surface area contributed by atoms with Crippen molar-refractivity contribution in [2.75, 3.05) is 31.3 Å². The Kier molecular flexibility index (Phi) is 8.63. The number of amides is 2. The van der Waals surface area contributed by atoms with Gasteiger partial charge in [0.05, 0.1) is 17.8 Å². The molecule has 2 amide bonds. The maximum Gasteiger partial charge on any atom is 0.493 e. The molecule has 2 aromatic carbocycles. The highest BCUT2D eigenvalue weighted by atomic mass is 32.2. The predicted octanol–water partition coefficient (Wildman–Crippen LogP) is 4.32. The fourth-order valence-electron chi connectivity index (χ4n) is 5.39. The van der Waals surface area contributed by atoms with Crippen molar-refractivity contribution >= 4 is 35.2 Å². The van der Waals surface area contributed by atoms with E-state index in [0.717, 1.165) is 29.9 Å². The normalized spacial score (nSPS) is 20.0. The summed E-state index contributed by atoms with van der Waals surface area (Å²) in [5, 5.41) is 4.28. The standard InChI is InChI=1S/C30H31F3N4O6S/c31-30(32,33)28(40)43-37-23-12-14-35(26(38)11-13-34-16-19-9-10-24-25(15-19)42-18-41-24)17-22(23)27(39)36(20-5-2-1-3-6-20)29(37)44-21-7-4-8-21/h1-3,5-6,9-10,15,21,29,34H,4,7-8,11-14,16-18H2. The van der Waals surface area contributed by atoms with Crippen molar-refractivity contribution in [3.8, 4) is 11.5 Å². The summed E-state index contributed by atoms with van der Waals surface area (Å²) in [4.78, 5) is 47.3. The molecule has 44 heavy (non-hydrogen) atoms. The van der Waals surface area contributed by atoms with Gasteiger partial charge in [-0.3, -0.25) is 14.5 Å². The Labute approximate surface area is 256 Å². The Hall–Kier alpha value is -3.91. The van der Waals surface area contributed by atoms with Crippen LogP contribution in [0.25, 0.3) is 0 Å². The Balaban J connectivity index is 1.18. The number of hydroxylamine groups is 2. The number of anilines is 1. The van der Waals surface area contributed by atoms with Gasteiger partial charge in [-0.25, -0.2) is 4.79 Å². The molecule has 10 nitrogen and oxygen atoms in total. The summed E-state index contributed by atoms with van der Waals surface area (Å²) < 4.78 is 50.9. The van der Waals surface area contributed by atoms with Gasteiger partial charge in [0.1, 0.15) is 0 Å². The van der Waals surface area contributed by atoms with E-state index >= 15 is 0 Å². The van der Waals surface area contributed by atoms with Gasteiger partial charge in [-0.1, -0.05) is 30.7 Å². The zero-order chi connectivity index (χ0) is 30.8. The van der Waals surface area contributed by atoms with Gasteiger partial charge < -0.3 is 24.5 Å². The van der Waals surface area contributed by atoms with Crippen LogP contribution in [0.2, 0.25) is 0 Å². The van der Waals surface area contributed by atoms with Crippen LogP contribution in [-0.4, -0.2) is 71.1 Å². The van der Waals surface area contributed by atoms with E-state index in [-0.39, 0.29) is 55.2 Å². The number of thioether (sulfide) groups is 1. The maximum absolute atomic E-state index is 14.0. The van der Waals surface area contributed by atoms with Crippen molar-refractivity contribution in [3.05, 3.63) is 65.4 Å². The van der Waals surface area contributed by atoms with Crippen LogP contribution in [0.1, 0.15) is 37.7 Å². The molecular weight excluding hydrogens is 601 g/mol. The van der Waals surface area contributed by atoms with Crippen LogP contribution in [0, 0.1) is 0 Å². The fourth-order valence-corrected chi connectivity index (χ4v) is 6.96. The number of rotatable bonds is 9. The van der Waals surface area contributed by atoms with Gasteiger partial charge in [-0.2, -0.15) is 18.2 Å². The summed E-state index contributed by atoms with van der Waals surface area (Å²) in [6.45, 7) is 1.11. The SMILES string of the molecule is O=C(CCNCc1ccc2c(c1)OCO2)N1CCC2=C(C1)C(=O)N(c1ccccc1)C(SC1CCC1)N2OC(=O)C(F)(F)F. The van der Waals surface area contributed by atoms with Gasteiger partial charge in [0.15, 0.2) is 17.0 Å². The molecule has 4 aliphatic rings. The van der Waals surface area contributed by atoms with Crippen molar-refractivity contribution < 1.29 is 41.9 Å². The molecule has 3 aliphatic heterocycles. The summed E-state index contributed by atoms with van der Waals surface area (Å²) in [7, 11) is 0. The van der Waals surface area contributed by atoms with E-state index in [2.05, 4.69) is 5.32 Å². The van der Waals surface area contributed by atoms with E-state index < -0.39 is 23.6 Å². The summed E-state index contributed by atoms with van der Waals surface area (Å²) in [5.41, 5.74) is 0.711. The van der Waals surface area contributed by atoms with E-state index in [1.54, 1.807) is 30.3 Å². The lowest BCUT2D eigenvalue weighted by Crippen LogP contribution is -2.59. The quantitative estimate of drug-likeness (QED) is 0.405. The van der Waals surface area contributed by atoms with E-state index in [1.165, 1.54) is 21.6 Å². The number of carbonyl (C=O) groups is 3. The third-order valence-corrected chi connectivity index (χ3v) is 9.43. The number of nitrogens with one attached hydrogen (secondary N) is 1. The molecule has 0 radical (unpaired) electrons. The van der Waals surface area contributed by atoms with Gasteiger partial charge in [0.25, 0.3) is 5.91 Å². The molecule has 3 heterocycles. The summed E-state index contributed by atoms with van der Waals surface area (Å²) in [6.07, 6.45) is -2.35. The number of ether oxygens (including phenoxy) is 2. The minimum Gasteiger partial charge on any atom is -0.454 e. The molecule has 0 saturated heterocycles. The van der Waals surface area contributed by atoms with Crippen LogP contribution in [0.15, 0.2) is 59.8 Å². The second-order valence-electron chi connectivity index (χ2n) is 10.8. The number of alkyl halides is 3. The largest absolute Gasteiger partial charge is 0.493 e. The first-order valence-corrected chi connectivity index (χ1v) is 15.3. The van der Waals surface area contributed by atoms with Crippen LogP contribution < -0.4 is 19.7 Å². The predicted molar refractivity (Wildman–Crippen MR) is 154 cm³/mol. The number of hydrogen-bond acceptors (Lipinski definition) is 9. The fraction of sp³-hybridized carbons (Fsp3) is 0.433. The molecule has 1 aliphatic carbocycles. The van der Waals surface area contributed by atoms with Crippen molar-refractivity contribution in [1.82, 2.24) is 15.3 Å². The first-order valence-electron chi connectivity index (χ1n) is 14.4. The minimum atomic E-state index is -5.23. The molecule has 0 spiro atoms. The minimum absolute atomic E-state index is 0.0624. The number of carbonyl (C=O) groups excluding carboxylic acids is 3. The van der Waals surface area contributed by atoms with Crippen molar-refractivity contribution in [1.29, 1.82) is 0 Å². The number of benzene rings is 2. The summed E-state index contributed by atoms with van der Waals surface area (Å²) in [5.74, 6) is -1.65. The first-order chi connectivity index (χ1) is 21.2. The number of hydrogen-bond donors (Lipinski definition) is 1. The second kappa shape index (κ2) is 12.6. The molecule has 1 fully saturated rings. The van der Waals surface area contributed by atoms with E-state index in [1.807, 2.05) is 18.2 Å². The average Bonchev–Trinajstić information content (AvgIpc) is 3.46. The van der Waals surface area contributed by atoms with Gasteiger partial charge in [0, 0.05) is 43.4 Å². The molecule has 2 aromatic rings. The molecule has 234 valence electrons. The lowest BCUT2D eigenvalue weighted by atomic mass is 10.00. The van der Waals surface area contributed by atoms with Crippen molar-refractivity contribution in [3.63, 3.8) is 0 Å². The lowest BCUT2D eigenvalue weighted by Gasteiger charge is -2.48. The Bertz CT molecular complexity index is 1450. The zero-order valence-corrected chi connectivity index (χ0v) is 24.5. The van der Waals surface area contributed by atoms with Crippen LogP contribution in [0.3, 0.4) is 0 Å². The molecule has 1 saturated carbocycles. The summed E-state index contributed by atoms with van der Waals surface area (Å²) in [6, 6.07) is 14.2. The zero-order valence-electron chi connectivity index (χ0n) is 23.7. The van der Waals surface area contributed by atoms with Gasteiger partial charge in [-0.05, 0) is 42.7 Å². The molecule has 0 bridgehead atoms. The number of halogens is 3. The molecule has 14 heteroatoms. The Morgan fingerprint density at radius 2 is 1.84 bits per heavy atom. The molecule has 1 N–H and O–H groups in total. The smallest absolute Gasteiger partial charge is 0.454 e. The summed E-state index contributed by atoms with van der Waals surface area (Å²) >= 11 is 1.30. The Morgan fingerprint density at radius 3 is 2.57 bits per heavy atom. The van der Waals surface area contributed by atoms with Crippen LogP contribution >= 0.6 is 11.8 Å². The van der Waals surface area contributed by atoms with E-state index in [4.69, 9.17) is 14.3 Å². The average molecular weight is 633 g/mol. The van der Waals surface area contributed by atoms with Crippen molar-refractivity contribution in [2.45, 2.75) is 55.6 Å². The number of fused-ring (bicyclic) bond motifs is 1. The van der Waals surface area contributed by atoms with Gasteiger partial charge in [-0.15, -0.1) is 11.8 Å². The van der Waals surface area contributed by atoms with E-state index in [0.29, 0.717) is 30.3 Å². The number of para-hydroxylation sites is 1. The monoisotopic (exact) mass is 632 g/mol. The van der Waals surface area contributed by atoms with Crippen molar-refractivity contribution in [2.24, 2.45) is 0 Å². The third-order valence-electron chi connectivity index (χ3n) is 7.93. The van der Waals surface area contributed by atoms with Gasteiger partial charge in [0.2, 0.25) is 12.7 Å². The first kappa shape index (κ1) is 30.1. The van der Waals surface area contributed by atoms with Crippen LogP contribution in [-0.2, 0) is 25.8 Å². The highest BCUT2D eigenvalue weighted by molar-refractivity contribution is 8.00. The molecule has 0 aromatic heterocycles. The third kappa shape index (κ3) is 6.32. The molecule has 1 atom stereocenters. The highest BCUT2D eigenvalue weighted by Crippen LogP contribution is 2.44. The second-order valence-corrected chi connectivity index (χ2v) is 12.2. The molecular formula is C30H31F3N4O6S. The Morgan fingerprint density at radius 1 is 1.07 bits per heavy atom. The topological polar surface area (TPSA) is 101 Å². The highest BCUT2D eigenvalue weighted by Gasteiger charge is 2.50. The van der Waals surface area contributed by atoms with Crippen LogP contribution in [0.4, 0.5) is 18.9 Å². The lowest BCUT2D eigenvalue weighted by molar-refractivity contribution is -0.235. The molecule has 6 rings (SSSR count). The number of nitrogens with zero attached hydrogens (tertiary/aromatic N) is 3.